The average molecular weight is 362 g/mol. The van der Waals surface area contributed by atoms with Gasteiger partial charge in [-0.2, -0.15) is 0 Å². The van der Waals surface area contributed by atoms with Crippen LogP contribution >= 0.6 is 0 Å². The molecule has 0 unspecified atom stereocenters. The quantitative estimate of drug-likeness (QED) is 0.383. The Balaban J connectivity index is 1.90. The van der Waals surface area contributed by atoms with E-state index in [0.29, 0.717) is 5.69 Å². The number of carbonyl (C=O) groups excluding carboxylic acids is 1. The Morgan fingerprint density at radius 2 is 1.46 bits per heavy atom. The molecule has 3 nitrogen and oxygen atoms in total. The Morgan fingerprint density at radius 3 is 2.21 bits per heavy atom. The number of nitrogens with zero attached hydrogens (tertiary/aromatic N) is 2. The molecule has 5 rings (SSSR count). The third-order valence-corrected chi connectivity index (χ3v) is 5.12. The number of para-hydroxylation sites is 1. The van der Waals surface area contributed by atoms with Gasteiger partial charge in [-0.1, -0.05) is 78.9 Å². The molecule has 0 aliphatic heterocycles. The van der Waals surface area contributed by atoms with Gasteiger partial charge < -0.3 is 4.57 Å². The zero-order valence-electron chi connectivity index (χ0n) is 15.2. The van der Waals surface area contributed by atoms with Crippen molar-refractivity contribution in [2.45, 2.75) is 6.54 Å². The lowest BCUT2D eigenvalue weighted by atomic mass is 10.1. The molecule has 2 aromatic heterocycles. The van der Waals surface area contributed by atoms with Gasteiger partial charge in [-0.05, 0) is 17.7 Å². The molecule has 0 radical (unpaired) electrons. The van der Waals surface area contributed by atoms with Gasteiger partial charge in [0.15, 0.2) is 6.29 Å². The molecule has 0 atom stereocenters. The molecule has 0 amide bonds. The highest BCUT2D eigenvalue weighted by molar-refractivity contribution is 6.13. The first-order chi connectivity index (χ1) is 13.8. The number of pyridine rings is 1. The minimum atomic E-state index is 0.453. The highest BCUT2D eigenvalue weighted by Gasteiger charge is 2.17. The summed E-state index contributed by atoms with van der Waals surface area (Å²) >= 11 is 0. The summed E-state index contributed by atoms with van der Waals surface area (Å²) in [5.41, 5.74) is 5.73. The number of hydrogen-bond donors (Lipinski definition) is 0. The monoisotopic (exact) mass is 362 g/mol. The summed E-state index contributed by atoms with van der Waals surface area (Å²) in [6.45, 7) is 0.743. The van der Waals surface area contributed by atoms with Gasteiger partial charge in [0.2, 0.25) is 0 Å². The molecule has 134 valence electrons. The molecule has 3 aromatic carbocycles. The minimum absolute atomic E-state index is 0.453. The number of aromatic nitrogens is 2. The van der Waals surface area contributed by atoms with Gasteiger partial charge in [0.1, 0.15) is 5.69 Å². The number of aldehydes is 1. The number of fused-ring (bicyclic) bond motifs is 3. The zero-order valence-corrected chi connectivity index (χ0v) is 15.2. The smallest absolute Gasteiger partial charge is 0.168 e. The average Bonchev–Trinajstić information content (AvgIpc) is 3.08. The molecule has 0 spiro atoms. The summed E-state index contributed by atoms with van der Waals surface area (Å²) in [7, 11) is 0. The first-order valence-corrected chi connectivity index (χ1v) is 9.31. The van der Waals surface area contributed by atoms with Gasteiger partial charge in [0, 0.05) is 28.4 Å². The lowest BCUT2D eigenvalue weighted by Gasteiger charge is -2.11. The topological polar surface area (TPSA) is 34.9 Å². The van der Waals surface area contributed by atoms with E-state index in [0.717, 1.165) is 45.9 Å². The molecule has 0 aliphatic carbocycles. The fourth-order valence-corrected chi connectivity index (χ4v) is 3.88. The van der Waals surface area contributed by atoms with Crippen LogP contribution in [0.4, 0.5) is 0 Å². The predicted molar refractivity (Wildman–Crippen MR) is 114 cm³/mol. The maximum Gasteiger partial charge on any atom is 0.168 e. The van der Waals surface area contributed by atoms with Crippen LogP contribution in [0.25, 0.3) is 33.1 Å². The molecular weight excluding hydrogens is 344 g/mol. The van der Waals surface area contributed by atoms with E-state index in [9.17, 15) is 4.79 Å². The molecule has 28 heavy (non-hydrogen) atoms. The lowest BCUT2D eigenvalue weighted by Crippen LogP contribution is -2.02. The summed E-state index contributed by atoms with van der Waals surface area (Å²) in [6, 6.07) is 30.7. The fourth-order valence-electron chi connectivity index (χ4n) is 3.88. The maximum atomic E-state index is 11.6. The van der Waals surface area contributed by atoms with E-state index < -0.39 is 0 Å². The number of hydrogen-bond acceptors (Lipinski definition) is 2. The van der Waals surface area contributed by atoms with Crippen molar-refractivity contribution in [2.75, 3.05) is 0 Å². The lowest BCUT2D eigenvalue weighted by molar-refractivity contribution is 0.111. The zero-order chi connectivity index (χ0) is 18.9. The Bertz CT molecular complexity index is 1290. The summed E-state index contributed by atoms with van der Waals surface area (Å²) in [4.78, 5) is 16.3. The summed E-state index contributed by atoms with van der Waals surface area (Å²) in [6.07, 6.45) is 0.829. The van der Waals surface area contributed by atoms with Crippen molar-refractivity contribution in [1.29, 1.82) is 0 Å². The SMILES string of the molecule is O=Cc1cc2c3ccccc3n(Cc3ccccc3)c2c(-c2ccccc2)n1. The van der Waals surface area contributed by atoms with Gasteiger partial charge in [0.05, 0.1) is 11.2 Å². The van der Waals surface area contributed by atoms with E-state index in [-0.39, 0.29) is 0 Å². The van der Waals surface area contributed by atoms with Crippen LogP contribution in [-0.2, 0) is 6.54 Å². The largest absolute Gasteiger partial charge is 0.334 e. The third kappa shape index (κ3) is 2.69. The predicted octanol–water partition coefficient (Wildman–Crippen LogP) is 5.72. The Hall–Kier alpha value is -3.72. The van der Waals surface area contributed by atoms with Crippen LogP contribution in [0.15, 0.2) is 91.0 Å². The molecule has 0 saturated heterocycles. The van der Waals surface area contributed by atoms with Crippen molar-refractivity contribution in [1.82, 2.24) is 9.55 Å². The second-order valence-corrected chi connectivity index (χ2v) is 6.86. The van der Waals surface area contributed by atoms with Crippen molar-refractivity contribution in [3.8, 4) is 11.3 Å². The normalized spacial score (nSPS) is 11.1. The summed E-state index contributed by atoms with van der Waals surface area (Å²) in [5.74, 6) is 0. The van der Waals surface area contributed by atoms with Gasteiger partial charge >= 0.3 is 0 Å². The van der Waals surface area contributed by atoms with E-state index in [4.69, 9.17) is 4.98 Å². The fraction of sp³-hybridized carbons (Fsp3) is 0.0400. The minimum Gasteiger partial charge on any atom is -0.334 e. The first kappa shape index (κ1) is 16.5. The Labute approximate surface area is 162 Å². The van der Waals surface area contributed by atoms with Crippen LogP contribution in [0.5, 0.6) is 0 Å². The second-order valence-electron chi connectivity index (χ2n) is 6.86. The van der Waals surface area contributed by atoms with Crippen LogP contribution in [0.1, 0.15) is 16.1 Å². The molecular formula is C25H18N2O. The van der Waals surface area contributed by atoms with Crippen molar-refractivity contribution in [3.05, 3.63) is 102 Å². The second kappa shape index (κ2) is 6.78. The highest BCUT2D eigenvalue weighted by atomic mass is 16.1. The van der Waals surface area contributed by atoms with Crippen LogP contribution in [-0.4, -0.2) is 15.8 Å². The Morgan fingerprint density at radius 1 is 0.786 bits per heavy atom. The van der Waals surface area contributed by atoms with Gasteiger partial charge in [-0.15, -0.1) is 0 Å². The molecule has 5 aromatic rings. The van der Waals surface area contributed by atoms with E-state index >= 15 is 0 Å². The van der Waals surface area contributed by atoms with Crippen molar-refractivity contribution in [2.24, 2.45) is 0 Å². The molecule has 2 heterocycles. The van der Waals surface area contributed by atoms with Crippen LogP contribution in [0.3, 0.4) is 0 Å². The van der Waals surface area contributed by atoms with E-state index in [1.54, 1.807) is 0 Å². The molecule has 3 heteroatoms. The number of benzene rings is 3. The van der Waals surface area contributed by atoms with Crippen LogP contribution in [0.2, 0.25) is 0 Å². The standard InChI is InChI=1S/C25H18N2O/c28-17-20-15-22-21-13-7-8-14-23(21)27(16-18-9-3-1-4-10-18)25(22)24(26-20)19-11-5-2-6-12-19/h1-15,17H,16H2. The van der Waals surface area contributed by atoms with Crippen molar-refractivity contribution >= 4 is 28.1 Å². The summed E-state index contributed by atoms with van der Waals surface area (Å²) in [5, 5.41) is 2.19. The van der Waals surface area contributed by atoms with Gasteiger partial charge in [-0.3, -0.25) is 4.79 Å². The first-order valence-electron chi connectivity index (χ1n) is 9.31. The third-order valence-electron chi connectivity index (χ3n) is 5.12. The Kier molecular flexibility index (Phi) is 3.99. The molecule has 0 saturated carbocycles. The van der Waals surface area contributed by atoms with Crippen molar-refractivity contribution < 1.29 is 4.79 Å². The molecule has 0 fully saturated rings. The number of rotatable bonds is 4. The van der Waals surface area contributed by atoms with Crippen molar-refractivity contribution in [3.63, 3.8) is 0 Å². The van der Waals surface area contributed by atoms with Crippen LogP contribution in [0, 0.1) is 0 Å². The molecule has 0 N–H and O–H groups in total. The van der Waals surface area contributed by atoms with Crippen LogP contribution < -0.4 is 0 Å². The molecule has 0 aliphatic rings. The van der Waals surface area contributed by atoms with Gasteiger partial charge in [0.25, 0.3) is 0 Å². The van der Waals surface area contributed by atoms with Gasteiger partial charge in [-0.25, -0.2) is 4.98 Å². The van der Waals surface area contributed by atoms with E-state index in [1.807, 2.05) is 48.5 Å². The maximum absolute atomic E-state index is 11.6. The highest BCUT2D eigenvalue weighted by Crippen LogP contribution is 2.35. The molecule has 0 bridgehead atoms. The van der Waals surface area contributed by atoms with E-state index in [2.05, 4.69) is 47.0 Å². The number of carbonyl (C=O) groups is 1. The van der Waals surface area contributed by atoms with E-state index in [1.165, 1.54) is 5.56 Å². The summed E-state index contributed by atoms with van der Waals surface area (Å²) < 4.78 is 2.31.